The number of methoxy groups -OCH3 is 1. The van der Waals surface area contributed by atoms with Crippen molar-refractivity contribution < 1.29 is 9.47 Å². The average molecular weight is 265 g/mol. The van der Waals surface area contributed by atoms with Gasteiger partial charge in [-0.2, -0.15) is 0 Å². The molecule has 0 aliphatic heterocycles. The lowest BCUT2D eigenvalue weighted by Crippen LogP contribution is -2.25. The molecule has 1 aromatic carbocycles. The van der Waals surface area contributed by atoms with E-state index in [2.05, 4.69) is 26.1 Å². The second-order valence-corrected chi connectivity index (χ2v) is 5.26. The van der Waals surface area contributed by atoms with Crippen molar-refractivity contribution >= 4 is 0 Å². The molecule has 1 N–H and O–H groups in total. The highest BCUT2D eigenvalue weighted by atomic mass is 16.5. The number of benzene rings is 1. The van der Waals surface area contributed by atoms with Crippen molar-refractivity contribution in [2.24, 2.45) is 0 Å². The maximum atomic E-state index is 5.93. The second-order valence-electron chi connectivity index (χ2n) is 5.26. The van der Waals surface area contributed by atoms with Crippen LogP contribution >= 0.6 is 0 Å². The first kappa shape index (κ1) is 16.0. The molecular formula is C16H27NO2. The topological polar surface area (TPSA) is 30.5 Å². The van der Waals surface area contributed by atoms with Crippen molar-refractivity contribution in [1.29, 1.82) is 0 Å². The van der Waals surface area contributed by atoms with Crippen LogP contribution in [0.4, 0.5) is 0 Å². The maximum absolute atomic E-state index is 5.93. The van der Waals surface area contributed by atoms with Crippen LogP contribution in [0.3, 0.4) is 0 Å². The molecule has 0 saturated carbocycles. The van der Waals surface area contributed by atoms with Crippen molar-refractivity contribution in [1.82, 2.24) is 5.32 Å². The summed E-state index contributed by atoms with van der Waals surface area (Å²) >= 11 is 0. The van der Waals surface area contributed by atoms with E-state index in [1.54, 1.807) is 7.11 Å². The van der Waals surface area contributed by atoms with Crippen molar-refractivity contribution in [3.05, 3.63) is 29.8 Å². The van der Waals surface area contributed by atoms with Crippen molar-refractivity contribution in [2.45, 2.75) is 52.4 Å². The van der Waals surface area contributed by atoms with Gasteiger partial charge in [0, 0.05) is 13.2 Å². The largest absolute Gasteiger partial charge is 0.491 e. The lowest BCUT2D eigenvalue weighted by molar-refractivity contribution is 0.182. The fraction of sp³-hybridized carbons (Fsp3) is 0.625. The van der Waals surface area contributed by atoms with E-state index >= 15 is 0 Å². The van der Waals surface area contributed by atoms with Crippen LogP contribution in [0, 0.1) is 0 Å². The van der Waals surface area contributed by atoms with E-state index in [9.17, 15) is 0 Å². The third-order valence-electron chi connectivity index (χ3n) is 2.89. The van der Waals surface area contributed by atoms with Gasteiger partial charge in [-0.1, -0.05) is 26.0 Å². The molecule has 3 heteroatoms. The van der Waals surface area contributed by atoms with E-state index in [0.29, 0.717) is 12.6 Å². The molecule has 0 amide bonds. The summed E-state index contributed by atoms with van der Waals surface area (Å²) in [4.78, 5) is 0. The zero-order valence-electron chi connectivity index (χ0n) is 12.6. The van der Waals surface area contributed by atoms with Gasteiger partial charge >= 0.3 is 0 Å². The lowest BCUT2D eigenvalue weighted by atomic mass is 10.2. The van der Waals surface area contributed by atoms with E-state index in [0.717, 1.165) is 30.7 Å². The van der Waals surface area contributed by atoms with Crippen LogP contribution in [-0.2, 0) is 11.3 Å². The van der Waals surface area contributed by atoms with Crippen molar-refractivity contribution in [3.63, 3.8) is 0 Å². The molecule has 0 aliphatic rings. The van der Waals surface area contributed by atoms with Crippen LogP contribution in [0.1, 0.15) is 39.2 Å². The molecule has 1 atom stereocenters. The Kier molecular flexibility index (Phi) is 7.53. The Bertz CT molecular complexity index is 352. The summed E-state index contributed by atoms with van der Waals surface area (Å²) < 4.78 is 11.1. The first-order chi connectivity index (χ1) is 9.11. The molecule has 0 spiro atoms. The van der Waals surface area contributed by atoms with E-state index in [4.69, 9.17) is 9.47 Å². The maximum Gasteiger partial charge on any atom is 0.120 e. The molecule has 108 valence electrons. The van der Waals surface area contributed by atoms with Crippen LogP contribution in [0.5, 0.6) is 5.75 Å². The lowest BCUT2D eigenvalue weighted by Gasteiger charge is -2.16. The number of hydrogen-bond acceptors (Lipinski definition) is 3. The minimum absolute atomic E-state index is 0.242. The summed E-state index contributed by atoms with van der Waals surface area (Å²) in [7, 11) is 1.71. The minimum atomic E-state index is 0.242. The number of nitrogens with one attached hydrogen (secondary N) is 1. The van der Waals surface area contributed by atoms with Gasteiger partial charge in [0.15, 0.2) is 0 Å². The molecule has 1 unspecified atom stereocenters. The van der Waals surface area contributed by atoms with Gasteiger partial charge in [0.25, 0.3) is 0 Å². The highest BCUT2D eigenvalue weighted by Gasteiger charge is 2.05. The van der Waals surface area contributed by atoms with E-state index in [1.165, 1.54) is 0 Å². The Balaban J connectivity index is 2.31. The normalized spacial score (nSPS) is 12.7. The molecule has 0 heterocycles. The number of hydrogen-bond donors (Lipinski definition) is 1. The summed E-state index contributed by atoms with van der Waals surface area (Å²) in [5.74, 6) is 0.930. The van der Waals surface area contributed by atoms with Gasteiger partial charge in [-0.3, -0.25) is 0 Å². The zero-order valence-corrected chi connectivity index (χ0v) is 12.6. The number of ether oxygens (including phenoxy) is 2. The van der Waals surface area contributed by atoms with Gasteiger partial charge in [0.1, 0.15) is 5.75 Å². The highest BCUT2D eigenvalue weighted by Crippen LogP contribution is 2.16. The van der Waals surface area contributed by atoms with Crippen molar-refractivity contribution in [2.75, 3.05) is 13.7 Å². The fourth-order valence-electron chi connectivity index (χ4n) is 1.95. The van der Waals surface area contributed by atoms with Gasteiger partial charge in [-0.05, 0) is 44.0 Å². The first-order valence-electron chi connectivity index (χ1n) is 7.09. The average Bonchev–Trinajstić information content (AvgIpc) is 2.35. The quantitative estimate of drug-likeness (QED) is 0.694. The fourth-order valence-corrected chi connectivity index (χ4v) is 1.95. The monoisotopic (exact) mass is 265 g/mol. The molecule has 0 aromatic heterocycles. The third-order valence-corrected chi connectivity index (χ3v) is 2.89. The van der Waals surface area contributed by atoms with Crippen LogP contribution in [0.15, 0.2) is 24.3 Å². The summed E-state index contributed by atoms with van der Waals surface area (Å²) in [6.45, 7) is 8.14. The van der Waals surface area contributed by atoms with Crippen molar-refractivity contribution in [3.8, 4) is 5.75 Å². The van der Waals surface area contributed by atoms with Crippen LogP contribution in [-0.4, -0.2) is 25.8 Å². The molecule has 19 heavy (non-hydrogen) atoms. The predicted octanol–water partition coefficient (Wildman–Crippen LogP) is 3.38. The zero-order chi connectivity index (χ0) is 14.1. The predicted molar refractivity (Wildman–Crippen MR) is 79.6 cm³/mol. The smallest absolute Gasteiger partial charge is 0.120 e. The molecule has 0 bridgehead atoms. The molecule has 0 saturated heterocycles. The second kappa shape index (κ2) is 8.94. The molecule has 1 aromatic rings. The Labute approximate surface area is 117 Å². The van der Waals surface area contributed by atoms with Gasteiger partial charge in [0.2, 0.25) is 0 Å². The van der Waals surface area contributed by atoms with Gasteiger partial charge < -0.3 is 14.8 Å². The Morgan fingerprint density at radius 3 is 2.68 bits per heavy atom. The third kappa shape index (κ3) is 7.19. The summed E-state index contributed by atoms with van der Waals surface area (Å²) in [5.41, 5.74) is 1.15. The molecule has 1 rings (SSSR count). The van der Waals surface area contributed by atoms with Crippen LogP contribution in [0.2, 0.25) is 0 Å². The van der Waals surface area contributed by atoms with E-state index < -0.39 is 0 Å². The highest BCUT2D eigenvalue weighted by molar-refractivity contribution is 5.28. The van der Waals surface area contributed by atoms with E-state index in [1.807, 2.05) is 24.3 Å². The van der Waals surface area contributed by atoms with Gasteiger partial charge in [-0.25, -0.2) is 0 Å². The summed E-state index contributed by atoms with van der Waals surface area (Å²) in [6, 6.07) is 8.67. The molecule has 3 nitrogen and oxygen atoms in total. The first-order valence-corrected chi connectivity index (χ1v) is 7.09. The van der Waals surface area contributed by atoms with Crippen LogP contribution in [0.25, 0.3) is 0 Å². The minimum Gasteiger partial charge on any atom is -0.491 e. The van der Waals surface area contributed by atoms with Gasteiger partial charge in [0.05, 0.1) is 12.7 Å². The summed E-state index contributed by atoms with van der Waals surface area (Å²) in [6.07, 6.45) is 2.44. The Morgan fingerprint density at radius 1 is 1.21 bits per heavy atom. The molecule has 0 aliphatic carbocycles. The van der Waals surface area contributed by atoms with Crippen LogP contribution < -0.4 is 10.1 Å². The molecule has 0 fully saturated rings. The van der Waals surface area contributed by atoms with E-state index in [-0.39, 0.29) is 6.10 Å². The number of rotatable bonds is 9. The SMILES string of the molecule is COCc1cccc(OC(C)CCCNC(C)C)c1. The standard InChI is InChI=1S/C16H27NO2/c1-13(2)17-10-6-7-14(3)19-16-9-5-8-15(11-16)12-18-4/h5,8-9,11,13-14,17H,6-7,10,12H2,1-4H3. The molecular weight excluding hydrogens is 238 g/mol. The Hall–Kier alpha value is -1.06. The summed E-state index contributed by atoms with van der Waals surface area (Å²) in [5, 5.41) is 3.42. The van der Waals surface area contributed by atoms with Gasteiger partial charge in [-0.15, -0.1) is 0 Å². The molecule has 0 radical (unpaired) electrons. The Morgan fingerprint density at radius 2 is 2.00 bits per heavy atom.